The quantitative estimate of drug-likeness (QED) is 0.183. The van der Waals surface area contributed by atoms with Crippen LogP contribution in [0.15, 0.2) is 74.2 Å². The second-order valence-corrected chi connectivity index (χ2v) is 9.45. The smallest absolute Gasteiger partial charge is 0.363 e. The van der Waals surface area contributed by atoms with E-state index < -0.39 is 11.9 Å². The molecule has 0 aliphatic carbocycles. The van der Waals surface area contributed by atoms with Crippen molar-refractivity contribution in [3.63, 3.8) is 0 Å². The lowest BCUT2D eigenvalue weighted by molar-refractivity contribution is -0.129. The first kappa shape index (κ1) is 24.2. The number of hydrogen-bond donors (Lipinski definition) is 0. The Morgan fingerprint density at radius 1 is 1.12 bits per heavy atom. The summed E-state index contributed by atoms with van der Waals surface area (Å²) in [6.07, 6.45) is 1.49. The van der Waals surface area contributed by atoms with E-state index in [0.717, 1.165) is 5.56 Å². The summed E-state index contributed by atoms with van der Waals surface area (Å²) in [4.78, 5) is 29.7. The first-order valence-corrected chi connectivity index (χ1v) is 11.9. The van der Waals surface area contributed by atoms with Gasteiger partial charge in [-0.1, -0.05) is 45.2 Å². The summed E-state index contributed by atoms with van der Waals surface area (Å²) < 4.78 is 17.6. The van der Waals surface area contributed by atoms with Crippen molar-refractivity contribution in [3.8, 4) is 11.5 Å². The van der Waals surface area contributed by atoms with Gasteiger partial charge >= 0.3 is 11.9 Å². The second-order valence-electron chi connectivity index (χ2n) is 7.25. The van der Waals surface area contributed by atoms with Crippen molar-refractivity contribution in [1.82, 2.24) is 0 Å². The third-order valence-corrected chi connectivity index (χ3v) is 6.07. The first-order valence-electron chi connectivity index (χ1n) is 9.89. The molecule has 0 atom stereocenters. The molecule has 0 fully saturated rings. The van der Waals surface area contributed by atoms with Crippen LogP contribution in [0.25, 0.3) is 6.08 Å². The molecular weight excluding hydrogens is 590 g/mol. The van der Waals surface area contributed by atoms with E-state index in [1.54, 1.807) is 48.5 Å². The Morgan fingerprint density at radius 3 is 2.65 bits per heavy atom. The Morgan fingerprint density at radius 2 is 1.91 bits per heavy atom. The highest BCUT2D eigenvalue weighted by Crippen LogP contribution is 2.36. The first-order chi connectivity index (χ1) is 16.2. The molecule has 0 radical (unpaired) electrons. The number of nitrogens with zero attached hydrogens (tertiary/aromatic N) is 1. The van der Waals surface area contributed by atoms with Crippen molar-refractivity contribution >= 4 is 67.4 Å². The van der Waals surface area contributed by atoms with Crippen LogP contribution in [0.3, 0.4) is 0 Å². The van der Waals surface area contributed by atoms with Gasteiger partial charge in [0.15, 0.2) is 11.4 Å². The third-order valence-electron chi connectivity index (χ3n) is 4.79. The molecule has 0 unspecified atom stereocenters. The summed E-state index contributed by atoms with van der Waals surface area (Å²) in [6, 6.07) is 15.4. The maximum absolute atomic E-state index is 12.8. The maximum atomic E-state index is 12.8. The van der Waals surface area contributed by atoms with Crippen LogP contribution < -0.4 is 9.47 Å². The van der Waals surface area contributed by atoms with Crippen LogP contribution in [0.1, 0.15) is 27.0 Å². The molecule has 0 spiro atoms. The summed E-state index contributed by atoms with van der Waals surface area (Å²) in [5, 5.41) is 0.438. The van der Waals surface area contributed by atoms with Gasteiger partial charge in [0, 0.05) is 15.1 Å². The largest absolute Gasteiger partial charge is 0.496 e. The molecule has 0 saturated carbocycles. The summed E-state index contributed by atoms with van der Waals surface area (Å²) in [6.45, 7) is 1.89. The molecule has 3 aromatic rings. The molecule has 34 heavy (non-hydrogen) atoms. The van der Waals surface area contributed by atoms with E-state index in [0.29, 0.717) is 36.4 Å². The van der Waals surface area contributed by atoms with E-state index >= 15 is 0 Å². The van der Waals surface area contributed by atoms with Crippen LogP contribution in [0.5, 0.6) is 11.5 Å². The number of esters is 2. The topological polar surface area (TPSA) is 74.2 Å². The van der Waals surface area contributed by atoms with E-state index in [1.807, 2.05) is 13.0 Å². The Bertz CT molecular complexity index is 1380. The monoisotopic (exact) mass is 603 g/mol. The summed E-state index contributed by atoms with van der Waals surface area (Å²) in [5.41, 5.74) is 2.24. The van der Waals surface area contributed by atoms with Gasteiger partial charge in [0.2, 0.25) is 5.90 Å². The third kappa shape index (κ3) is 5.24. The highest BCUT2D eigenvalue weighted by Gasteiger charge is 2.27. The summed E-state index contributed by atoms with van der Waals surface area (Å²) in [7, 11) is 1.49. The predicted molar refractivity (Wildman–Crippen MR) is 137 cm³/mol. The van der Waals surface area contributed by atoms with Gasteiger partial charge in [-0.3, -0.25) is 0 Å². The van der Waals surface area contributed by atoms with Crippen molar-refractivity contribution in [3.05, 3.63) is 96.5 Å². The number of carbonyl (C=O) groups is 2. The number of cyclic esters (lactones) is 1. The number of carbonyl (C=O) groups excluding carboxylic acids is 2. The van der Waals surface area contributed by atoms with E-state index in [-0.39, 0.29) is 17.3 Å². The lowest BCUT2D eigenvalue weighted by Gasteiger charge is -2.11. The van der Waals surface area contributed by atoms with Gasteiger partial charge in [-0.2, -0.15) is 0 Å². The van der Waals surface area contributed by atoms with Gasteiger partial charge in [-0.25, -0.2) is 14.6 Å². The SMILES string of the molecule is COc1ccc(Cl)cc1C1=N/C(=C\c2cc(Br)cc(Br)c2OC(=O)c2cccc(C)c2)C(=O)O1. The summed E-state index contributed by atoms with van der Waals surface area (Å²) >= 11 is 13.0. The molecule has 1 heterocycles. The van der Waals surface area contributed by atoms with Crippen LogP contribution in [-0.2, 0) is 9.53 Å². The molecular formula is C25H16Br2ClNO5. The Balaban J connectivity index is 1.73. The molecule has 4 rings (SSSR count). The fraction of sp³-hybridized carbons (Fsp3) is 0.0800. The van der Waals surface area contributed by atoms with Gasteiger partial charge < -0.3 is 14.2 Å². The maximum Gasteiger partial charge on any atom is 0.363 e. The Kier molecular flexibility index (Phi) is 7.21. The van der Waals surface area contributed by atoms with E-state index in [9.17, 15) is 9.59 Å². The van der Waals surface area contributed by atoms with Gasteiger partial charge in [0.1, 0.15) is 5.75 Å². The number of aryl methyl sites for hydroxylation is 1. The Labute approximate surface area is 217 Å². The normalized spacial score (nSPS) is 14.1. The average molecular weight is 606 g/mol. The van der Waals surface area contributed by atoms with Gasteiger partial charge in [0.05, 0.1) is 22.7 Å². The summed E-state index contributed by atoms with van der Waals surface area (Å²) in [5.74, 6) is -0.450. The van der Waals surface area contributed by atoms with Crippen molar-refractivity contribution in [2.24, 2.45) is 4.99 Å². The van der Waals surface area contributed by atoms with Gasteiger partial charge in [-0.15, -0.1) is 0 Å². The molecule has 0 saturated heterocycles. The molecule has 6 nitrogen and oxygen atoms in total. The number of halogens is 3. The van der Waals surface area contributed by atoms with Gasteiger partial charge in [-0.05, 0) is 71.4 Å². The minimum absolute atomic E-state index is 0.0230. The fourth-order valence-electron chi connectivity index (χ4n) is 3.24. The number of aliphatic imine (C=N–C) groups is 1. The molecule has 0 aromatic heterocycles. The zero-order valence-electron chi connectivity index (χ0n) is 17.9. The highest BCUT2D eigenvalue weighted by atomic mass is 79.9. The van der Waals surface area contributed by atoms with Crippen LogP contribution in [-0.4, -0.2) is 24.9 Å². The molecule has 0 bridgehead atoms. The van der Waals surface area contributed by atoms with Crippen molar-refractivity contribution < 1.29 is 23.8 Å². The lowest BCUT2D eigenvalue weighted by Crippen LogP contribution is -2.10. The fourth-order valence-corrected chi connectivity index (χ4v) is 4.75. The van der Waals surface area contributed by atoms with Crippen LogP contribution >= 0.6 is 43.5 Å². The van der Waals surface area contributed by atoms with E-state index in [4.69, 9.17) is 25.8 Å². The number of rotatable bonds is 5. The molecule has 0 amide bonds. The molecule has 1 aliphatic heterocycles. The van der Waals surface area contributed by atoms with Crippen LogP contribution in [0, 0.1) is 6.92 Å². The van der Waals surface area contributed by atoms with Crippen LogP contribution in [0.2, 0.25) is 5.02 Å². The molecule has 0 N–H and O–H groups in total. The molecule has 1 aliphatic rings. The zero-order chi connectivity index (χ0) is 24.4. The van der Waals surface area contributed by atoms with Crippen molar-refractivity contribution in [2.45, 2.75) is 6.92 Å². The van der Waals surface area contributed by atoms with Crippen molar-refractivity contribution in [2.75, 3.05) is 7.11 Å². The second kappa shape index (κ2) is 10.1. The highest BCUT2D eigenvalue weighted by molar-refractivity contribution is 9.11. The van der Waals surface area contributed by atoms with Gasteiger partial charge in [0.25, 0.3) is 0 Å². The molecule has 3 aromatic carbocycles. The van der Waals surface area contributed by atoms with E-state index in [1.165, 1.54) is 13.2 Å². The standard InChI is InChI=1S/C25H16Br2ClNO5/c1-13-4-3-5-14(8-13)24(30)33-22-15(9-16(26)11-19(22)27)10-20-25(31)34-23(29-20)18-12-17(28)6-7-21(18)32-2/h3-12H,1-2H3/b20-10-. The molecule has 172 valence electrons. The predicted octanol–water partition coefficient (Wildman–Crippen LogP) is 6.75. The number of methoxy groups -OCH3 is 1. The zero-order valence-corrected chi connectivity index (χ0v) is 21.8. The van der Waals surface area contributed by atoms with E-state index in [2.05, 4.69) is 36.9 Å². The minimum Gasteiger partial charge on any atom is -0.496 e. The average Bonchev–Trinajstić information content (AvgIpc) is 3.16. The van der Waals surface area contributed by atoms with Crippen molar-refractivity contribution in [1.29, 1.82) is 0 Å². The number of ether oxygens (including phenoxy) is 3. The number of hydrogen-bond acceptors (Lipinski definition) is 6. The van der Waals surface area contributed by atoms with Crippen LogP contribution in [0.4, 0.5) is 0 Å². The lowest BCUT2D eigenvalue weighted by atomic mass is 10.1. The molecule has 9 heteroatoms. The Hall–Kier alpha value is -2.94. The minimum atomic E-state index is -0.663. The number of benzene rings is 3.